The molecule has 1 saturated heterocycles. The van der Waals surface area contributed by atoms with E-state index in [0.29, 0.717) is 10.7 Å². The monoisotopic (exact) mass is 428 g/mol. The Morgan fingerprint density at radius 2 is 1.75 bits per heavy atom. The summed E-state index contributed by atoms with van der Waals surface area (Å²) in [6.07, 6.45) is 1.88. The van der Waals surface area contributed by atoms with E-state index >= 15 is 0 Å². The van der Waals surface area contributed by atoms with Gasteiger partial charge < -0.3 is 4.90 Å². The van der Waals surface area contributed by atoms with E-state index < -0.39 is 9.84 Å². The van der Waals surface area contributed by atoms with Crippen molar-refractivity contribution in [2.24, 2.45) is 0 Å². The summed E-state index contributed by atoms with van der Waals surface area (Å²) in [4.78, 5) is 4.95. The summed E-state index contributed by atoms with van der Waals surface area (Å²) in [5, 5.41) is 12.0. The lowest BCUT2D eigenvalue weighted by Crippen LogP contribution is -2.46. The van der Waals surface area contributed by atoms with Crippen LogP contribution in [-0.2, 0) is 15.7 Å². The molecule has 0 N–H and O–H groups in total. The molecule has 1 aromatic carbocycles. The van der Waals surface area contributed by atoms with Gasteiger partial charge in [-0.25, -0.2) is 13.1 Å². The van der Waals surface area contributed by atoms with Gasteiger partial charge in [0.1, 0.15) is 0 Å². The average Bonchev–Trinajstić information content (AvgIpc) is 3.08. The highest BCUT2D eigenvalue weighted by Gasteiger charge is 2.29. The van der Waals surface area contributed by atoms with Crippen LogP contribution in [0.3, 0.4) is 0 Å². The lowest BCUT2D eigenvalue weighted by Gasteiger charge is -2.37. The van der Waals surface area contributed by atoms with E-state index in [-0.39, 0.29) is 24.3 Å². The van der Waals surface area contributed by atoms with Crippen LogP contribution < -0.4 is 0 Å². The number of nitrogens with zero attached hydrogens (tertiary/aromatic N) is 6. The van der Waals surface area contributed by atoms with E-state index in [2.05, 4.69) is 39.3 Å². The van der Waals surface area contributed by atoms with Crippen LogP contribution in [0.4, 0.5) is 0 Å². The van der Waals surface area contributed by atoms with Crippen LogP contribution in [-0.4, -0.2) is 71.7 Å². The van der Waals surface area contributed by atoms with Crippen molar-refractivity contribution in [3.05, 3.63) is 35.7 Å². The summed E-state index contributed by atoms with van der Waals surface area (Å²) in [5.74, 6) is 0.392. The first kappa shape index (κ1) is 22.7. The Morgan fingerprint density at radius 1 is 1.11 bits per heavy atom. The van der Waals surface area contributed by atoms with Crippen LogP contribution in [0.25, 0.3) is 0 Å². The minimum Gasteiger partial charge on any atom is -0.304 e. The Labute approximate surface area is 173 Å². The first-order valence-corrected chi connectivity index (χ1v) is 11.0. The van der Waals surface area contributed by atoms with Crippen molar-refractivity contribution in [3.8, 4) is 0 Å². The predicted molar refractivity (Wildman–Crippen MR) is 110 cm³/mol. The van der Waals surface area contributed by atoms with E-state index in [1.807, 2.05) is 6.92 Å². The fraction of sp³-hybridized carbons (Fsp3) is 0.611. The summed E-state index contributed by atoms with van der Waals surface area (Å²) in [6, 6.07) is 6.92. The van der Waals surface area contributed by atoms with Crippen LogP contribution >= 0.6 is 12.4 Å². The average molecular weight is 429 g/mol. The van der Waals surface area contributed by atoms with Crippen molar-refractivity contribution in [2.45, 2.75) is 43.5 Å². The molecular formula is C18H29ClN6O2S. The van der Waals surface area contributed by atoms with Crippen molar-refractivity contribution < 1.29 is 8.42 Å². The second-order valence-corrected chi connectivity index (χ2v) is 9.20. The quantitative estimate of drug-likeness (QED) is 0.666. The fourth-order valence-electron chi connectivity index (χ4n) is 3.41. The lowest BCUT2D eigenvalue weighted by molar-refractivity contribution is 0.0999. The van der Waals surface area contributed by atoms with E-state index in [1.54, 1.807) is 24.3 Å². The van der Waals surface area contributed by atoms with Gasteiger partial charge in [0.2, 0.25) is 0 Å². The largest absolute Gasteiger partial charge is 0.304 e. The Hall–Kier alpha value is -1.55. The summed E-state index contributed by atoms with van der Waals surface area (Å²) in [7, 11) is -1.40. The van der Waals surface area contributed by atoms with Crippen molar-refractivity contribution in [2.75, 3.05) is 33.2 Å². The zero-order chi connectivity index (χ0) is 19.4. The Bertz CT molecular complexity index is 847. The number of piperazine rings is 1. The molecule has 0 radical (unpaired) electrons. The topological polar surface area (TPSA) is 84.2 Å². The van der Waals surface area contributed by atoms with Gasteiger partial charge in [-0.05, 0) is 43.0 Å². The maximum Gasteiger partial charge on any atom is 0.198 e. The molecule has 1 aliphatic heterocycles. The third-order valence-corrected chi connectivity index (χ3v) is 6.65. The molecule has 156 valence electrons. The van der Waals surface area contributed by atoms with Crippen LogP contribution in [0.1, 0.15) is 37.2 Å². The smallest absolute Gasteiger partial charge is 0.198 e. The maximum atomic E-state index is 12.8. The first-order valence-electron chi connectivity index (χ1n) is 9.39. The number of likely N-dealkylation sites (N-methyl/N-ethyl adjacent to an activating group) is 1. The first-order chi connectivity index (χ1) is 12.9. The SMILES string of the molecule is CCCC(c1nnnn1CS(=O)(=O)c1ccc(C)cc1)N1CCN(C)CC1.Cl. The second kappa shape index (κ2) is 9.78. The molecule has 0 aliphatic carbocycles. The number of aromatic nitrogens is 4. The third kappa shape index (κ3) is 5.28. The molecule has 0 saturated carbocycles. The molecule has 10 heteroatoms. The molecule has 0 spiro atoms. The highest BCUT2D eigenvalue weighted by Crippen LogP contribution is 2.25. The van der Waals surface area contributed by atoms with Crippen LogP contribution in [0.5, 0.6) is 0 Å². The van der Waals surface area contributed by atoms with Crippen molar-refractivity contribution in [3.63, 3.8) is 0 Å². The van der Waals surface area contributed by atoms with Gasteiger partial charge in [0.05, 0.1) is 10.9 Å². The molecule has 3 rings (SSSR count). The van der Waals surface area contributed by atoms with Gasteiger partial charge in [0.25, 0.3) is 0 Å². The molecule has 2 aromatic rings. The number of benzene rings is 1. The maximum absolute atomic E-state index is 12.8. The van der Waals surface area contributed by atoms with E-state index in [4.69, 9.17) is 0 Å². The Morgan fingerprint density at radius 3 is 2.36 bits per heavy atom. The van der Waals surface area contributed by atoms with E-state index in [9.17, 15) is 8.42 Å². The standard InChI is InChI=1S/C18H28N6O2S.ClH/c1-4-5-17(23-12-10-22(3)11-13-23)18-19-20-21-24(18)14-27(25,26)16-8-6-15(2)7-9-16;/h6-9,17H,4-5,10-14H2,1-3H3;1H. The molecular weight excluding hydrogens is 400 g/mol. The molecule has 28 heavy (non-hydrogen) atoms. The van der Waals surface area contributed by atoms with Gasteiger partial charge in [0, 0.05) is 26.2 Å². The number of tetrazole rings is 1. The Balaban J connectivity index is 0.00000280. The highest BCUT2D eigenvalue weighted by atomic mass is 35.5. The van der Waals surface area contributed by atoms with Gasteiger partial charge in [-0.3, -0.25) is 4.90 Å². The number of rotatable bonds is 7. The number of hydrogen-bond acceptors (Lipinski definition) is 7. The summed E-state index contributed by atoms with van der Waals surface area (Å²) < 4.78 is 27.1. The van der Waals surface area contributed by atoms with Crippen molar-refractivity contribution >= 4 is 22.2 Å². The van der Waals surface area contributed by atoms with Crippen LogP contribution in [0.15, 0.2) is 29.2 Å². The summed E-state index contributed by atoms with van der Waals surface area (Å²) in [5.41, 5.74) is 1.02. The van der Waals surface area contributed by atoms with Gasteiger partial charge >= 0.3 is 0 Å². The molecule has 1 atom stereocenters. The number of sulfone groups is 1. The zero-order valence-corrected chi connectivity index (χ0v) is 18.3. The van der Waals surface area contributed by atoms with Gasteiger partial charge in [0.15, 0.2) is 21.5 Å². The Kier molecular flexibility index (Phi) is 7.94. The summed E-state index contributed by atoms with van der Waals surface area (Å²) >= 11 is 0. The van der Waals surface area contributed by atoms with E-state index in [0.717, 1.165) is 44.6 Å². The van der Waals surface area contributed by atoms with Crippen molar-refractivity contribution in [1.82, 2.24) is 30.0 Å². The normalized spacial score (nSPS) is 17.2. The van der Waals surface area contributed by atoms with Crippen molar-refractivity contribution in [1.29, 1.82) is 0 Å². The molecule has 2 heterocycles. The third-order valence-electron chi connectivity index (χ3n) is 5.07. The molecule has 1 aliphatic rings. The minimum absolute atomic E-state index is 0. The molecule has 1 fully saturated rings. The lowest BCUT2D eigenvalue weighted by atomic mass is 10.1. The number of aryl methyl sites for hydroxylation is 1. The molecule has 0 bridgehead atoms. The highest BCUT2D eigenvalue weighted by molar-refractivity contribution is 7.90. The van der Waals surface area contributed by atoms with Crippen LogP contribution in [0.2, 0.25) is 0 Å². The minimum atomic E-state index is -3.52. The predicted octanol–water partition coefficient (Wildman–Crippen LogP) is 1.92. The zero-order valence-electron chi connectivity index (χ0n) is 16.7. The number of hydrogen-bond donors (Lipinski definition) is 0. The second-order valence-electron chi connectivity index (χ2n) is 7.24. The number of halogens is 1. The van der Waals surface area contributed by atoms with Gasteiger partial charge in [-0.15, -0.1) is 17.5 Å². The van der Waals surface area contributed by atoms with Gasteiger partial charge in [-0.2, -0.15) is 0 Å². The molecule has 1 unspecified atom stereocenters. The van der Waals surface area contributed by atoms with E-state index in [1.165, 1.54) is 4.68 Å². The molecule has 0 amide bonds. The summed E-state index contributed by atoms with van der Waals surface area (Å²) in [6.45, 7) is 7.89. The molecule has 1 aromatic heterocycles. The van der Waals surface area contributed by atoms with Gasteiger partial charge in [-0.1, -0.05) is 31.0 Å². The molecule has 8 nitrogen and oxygen atoms in total. The fourth-order valence-corrected chi connectivity index (χ4v) is 4.61. The van der Waals surface area contributed by atoms with Crippen LogP contribution in [0, 0.1) is 6.92 Å².